The van der Waals surface area contributed by atoms with Gasteiger partial charge in [-0.15, -0.1) is 0 Å². The molecule has 0 aliphatic heterocycles. The zero-order valence-corrected chi connectivity index (χ0v) is 71.7. The molecule has 0 amide bonds. The lowest BCUT2D eigenvalue weighted by atomic mass is 9.99. The van der Waals surface area contributed by atoms with Crippen LogP contribution in [0.3, 0.4) is 0 Å². The number of hydrogen-bond donors (Lipinski definition) is 5. The first-order valence-electron chi connectivity index (χ1n) is 38.8. The van der Waals surface area contributed by atoms with Crippen LogP contribution in [0.25, 0.3) is 55.6 Å². The summed E-state index contributed by atoms with van der Waals surface area (Å²) in [6, 6.07) is 54.9. The van der Waals surface area contributed by atoms with Crippen LogP contribution in [-0.2, 0) is 55.4 Å². The molecular weight excluding hydrogens is 1690 g/mol. The molecule has 5 N–H and O–H groups in total. The van der Waals surface area contributed by atoms with E-state index in [1.54, 1.807) is 61.5 Å². The summed E-state index contributed by atoms with van der Waals surface area (Å²) in [6.45, 7) is 4.20. The smallest absolute Gasteiger partial charge is 0.396 e. The average molecular weight is 1790 g/mol. The molecular formula is C90H101Cl2F7O15S5. The molecule has 0 heterocycles. The van der Waals surface area contributed by atoms with Crippen molar-refractivity contribution in [2.45, 2.75) is 154 Å². The van der Waals surface area contributed by atoms with Crippen LogP contribution in [-0.4, -0.2) is 129 Å². The molecule has 0 atom stereocenters. The Labute approximate surface area is 705 Å². The fraction of sp³-hybridized carbons (Fsp3) is 0.333. The largest absolute Gasteiger partial charge is 0.417 e. The van der Waals surface area contributed by atoms with E-state index in [-0.39, 0.29) is 93.2 Å². The number of unbranched alkanes of at least 4 members (excludes halogenated alkanes) is 12. The van der Waals surface area contributed by atoms with Gasteiger partial charge in [0.2, 0.25) is 0 Å². The normalized spacial score (nSPS) is 11.8. The van der Waals surface area contributed by atoms with E-state index < -0.39 is 84.2 Å². The standard InChI is InChI=1S/C19H21F3O3S.C18H20Cl2O3S.C18H20F2O3S.C18H22O3S.C17H18F2O3S/c20-19(21,22)18-8-4-3-7-17(18)15-9-11-16(12-10-15)26(24,25)14-6-2-1-5-13-23;19-15-7-10-17(18(20)13-15)14-5-8-16(9-6-14)24(22,23)12-4-2-1-3-11-21;1-13-11-15(24(22,23)10-4-2-3-9-21)6-8-16(13)17-7-5-14(19)12-18(17)20;1-15-5-7-16(8-6-15)17-9-11-18(12-10-17)22(20,21)14-4-2-3-13-19;18-14-6-9-16(17(19)12-14)13-4-7-15(8-5-13)23(21,22)11-3-1-2-10-20/h3-4,7-12,23H,1-2,5-6,13-14H2;5-10,13,21H,1-4,11-12H2;5-8,11-12,21H,2-4,9-10H2,1H3;5-12,19H,2-4,13-14H2,1H3;4-9,12,20H,1-3,10-11H2. The van der Waals surface area contributed by atoms with Crippen LogP contribution in [0.5, 0.6) is 0 Å². The van der Waals surface area contributed by atoms with Gasteiger partial charge in [0.15, 0.2) is 49.2 Å². The molecule has 0 fully saturated rings. The summed E-state index contributed by atoms with van der Waals surface area (Å²) in [5.41, 5.74) is 6.63. The summed E-state index contributed by atoms with van der Waals surface area (Å²) in [4.78, 5) is 1.15. The molecule has 29 heteroatoms. The molecule has 0 radical (unpaired) electrons. The molecule has 10 aromatic rings. The van der Waals surface area contributed by atoms with E-state index in [4.69, 9.17) is 48.7 Å². The third-order valence-electron chi connectivity index (χ3n) is 18.9. The Morgan fingerprint density at radius 1 is 0.286 bits per heavy atom. The zero-order valence-electron chi connectivity index (χ0n) is 66.1. The number of aliphatic hydroxyl groups excluding tert-OH is 5. The second-order valence-electron chi connectivity index (χ2n) is 28.1. The van der Waals surface area contributed by atoms with Crippen molar-refractivity contribution < 1.29 is 98.4 Å². The van der Waals surface area contributed by atoms with Crippen molar-refractivity contribution in [1.29, 1.82) is 0 Å². The lowest BCUT2D eigenvalue weighted by Gasteiger charge is -2.13. The fourth-order valence-electron chi connectivity index (χ4n) is 12.2. The van der Waals surface area contributed by atoms with Gasteiger partial charge in [-0.2, -0.15) is 13.2 Å². The number of hydrogen-bond acceptors (Lipinski definition) is 15. The number of halogens is 9. The highest BCUT2D eigenvalue weighted by atomic mass is 35.5. The van der Waals surface area contributed by atoms with Crippen molar-refractivity contribution in [3.05, 3.63) is 268 Å². The Bertz CT molecular complexity index is 5420. The Balaban J connectivity index is 0.000000231. The molecule has 0 saturated carbocycles. The van der Waals surface area contributed by atoms with Gasteiger partial charge in [0.1, 0.15) is 23.3 Å². The minimum Gasteiger partial charge on any atom is -0.396 e. The van der Waals surface area contributed by atoms with E-state index in [0.29, 0.717) is 119 Å². The summed E-state index contributed by atoms with van der Waals surface area (Å²) < 4.78 is 216. The maximum absolute atomic E-state index is 13.9. The van der Waals surface area contributed by atoms with Gasteiger partial charge >= 0.3 is 6.18 Å². The molecule has 10 aromatic carbocycles. The molecule has 10 rings (SSSR count). The third kappa shape index (κ3) is 32.6. The Hall–Kier alpha value is -8.16. The monoisotopic (exact) mass is 1780 g/mol. The van der Waals surface area contributed by atoms with Crippen molar-refractivity contribution in [3.63, 3.8) is 0 Å². The van der Waals surface area contributed by atoms with Crippen LogP contribution >= 0.6 is 23.2 Å². The molecule has 0 saturated heterocycles. The minimum absolute atomic E-state index is 0.0106. The lowest BCUT2D eigenvalue weighted by molar-refractivity contribution is -0.137. The summed E-state index contributed by atoms with van der Waals surface area (Å²) >= 11 is 12.1. The van der Waals surface area contributed by atoms with Gasteiger partial charge in [-0.25, -0.2) is 59.7 Å². The Morgan fingerprint density at radius 2 is 0.580 bits per heavy atom. The van der Waals surface area contributed by atoms with E-state index >= 15 is 0 Å². The van der Waals surface area contributed by atoms with Gasteiger partial charge in [0.05, 0.1) is 58.8 Å². The van der Waals surface area contributed by atoms with Crippen LogP contribution in [0.4, 0.5) is 30.7 Å². The third-order valence-corrected chi connectivity index (χ3v) is 28.5. The van der Waals surface area contributed by atoms with Crippen LogP contribution in [0, 0.1) is 37.1 Å². The molecule has 0 unspecified atom stereocenters. The van der Waals surface area contributed by atoms with Crippen LogP contribution in [0.15, 0.2) is 243 Å². The first kappa shape index (κ1) is 99.7. The molecule has 0 aliphatic rings. The van der Waals surface area contributed by atoms with E-state index in [0.717, 1.165) is 78.6 Å². The van der Waals surface area contributed by atoms with Crippen molar-refractivity contribution >= 4 is 72.4 Å². The molecule has 644 valence electrons. The molecule has 119 heavy (non-hydrogen) atoms. The lowest BCUT2D eigenvalue weighted by Crippen LogP contribution is -2.08. The second kappa shape index (κ2) is 49.1. The molecule has 0 spiro atoms. The van der Waals surface area contributed by atoms with Gasteiger partial charge < -0.3 is 25.5 Å². The summed E-state index contributed by atoms with van der Waals surface area (Å²) in [7, 11) is -16.8. The number of alkyl halides is 3. The maximum Gasteiger partial charge on any atom is 0.417 e. The highest BCUT2D eigenvalue weighted by molar-refractivity contribution is 7.92. The van der Waals surface area contributed by atoms with Gasteiger partial charge in [-0.3, -0.25) is 0 Å². The van der Waals surface area contributed by atoms with Crippen LogP contribution < -0.4 is 0 Å². The first-order chi connectivity index (χ1) is 56.5. The van der Waals surface area contributed by atoms with Crippen LogP contribution in [0.2, 0.25) is 10.0 Å². The van der Waals surface area contributed by atoms with Crippen molar-refractivity contribution in [3.8, 4) is 55.6 Å². The Kier molecular flexibility index (Phi) is 41.1. The number of aryl methyl sites for hydroxylation is 2. The van der Waals surface area contributed by atoms with Gasteiger partial charge in [0.25, 0.3) is 0 Å². The van der Waals surface area contributed by atoms with Crippen molar-refractivity contribution in [2.75, 3.05) is 61.8 Å². The number of rotatable bonds is 37. The highest BCUT2D eigenvalue weighted by Crippen LogP contribution is 2.38. The molecule has 0 bridgehead atoms. The molecule has 15 nitrogen and oxygen atoms in total. The average Bonchev–Trinajstić information content (AvgIpc) is 0.802. The summed E-state index contributed by atoms with van der Waals surface area (Å²) in [6.07, 6.45) is 6.50. The highest BCUT2D eigenvalue weighted by Gasteiger charge is 2.33. The van der Waals surface area contributed by atoms with Crippen molar-refractivity contribution in [2.24, 2.45) is 0 Å². The summed E-state index contributed by atoms with van der Waals surface area (Å²) in [5.74, 6) is -2.42. The molecule has 0 aliphatic carbocycles. The topological polar surface area (TPSA) is 272 Å². The Morgan fingerprint density at radius 3 is 0.933 bits per heavy atom. The number of aliphatic hydroxyl groups is 5. The van der Waals surface area contributed by atoms with Crippen molar-refractivity contribution in [1.82, 2.24) is 0 Å². The van der Waals surface area contributed by atoms with E-state index in [1.165, 1.54) is 103 Å². The predicted molar refractivity (Wildman–Crippen MR) is 458 cm³/mol. The SMILES string of the molecule is Cc1cc(S(=O)(=O)CCCCCO)ccc1-c1ccc(F)cc1F.Cc1ccc(-c2ccc(S(=O)(=O)CCCCCO)cc2)cc1.O=S(=O)(CCCCCCO)c1ccc(-c2ccc(Cl)cc2Cl)cc1.O=S(=O)(CCCCCCO)c1ccc(-c2ccccc2C(F)(F)F)cc1.O=S(=O)(CCCCCO)c1ccc(-c2ccc(F)cc2F)cc1. The van der Waals surface area contributed by atoms with Gasteiger partial charge in [0, 0.05) is 71.9 Å². The van der Waals surface area contributed by atoms with Gasteiger partial charge in [-0.05, 0) is 226 Å². The number of sulfone groups is 5. The summed E-state index contributed by atoms with van der Waals surface area (Å²) in [5, 5.41) is 44.6. The first-order valence-corrected chi connectivity index (χ1v) is 47.8. The number of benzene rings is 10. The van der Waals surface area contributed by atoms with Gasteiger partial charge in [-0.1, -0.05) is 177 Å². The fourth-order valence-corrected chi connectivity index (χ4v) is 19.7. The van der Waals surface area contributed by atoms with E-state index in [1.807, 2.05) is 49.4 Å². The van der Waals surface area contributed by atoms with Crippen LogP contribution in [0.1, 0.15) is 126 Å². The zero-order chi connectivity index (χ0) is 87.4. The molecule has 0 aromatic heterocycles. The van der Waals surface area contributed by atoms with E-state index in [2.05, 4.69) is 0 Å². The maximum atomic E-state index is 13.9. The second-order valence-corrected chi connectivity index (χ2v) is 39.5. The quantitative estimate of drug-likeness (QED) is 0.0179. The van der Waals surface area contributed by atoms with E-state index in [9.17, 15) is 72.8 Å². The minimum atomic E-state index is -4.48. The predicted octanol–water partition coefficient (Wildman–Crippen LogP) is 20.7.